The van der Waals surface area contributed by atoms with Gasteiger partial charge < -0.3 is 9.88 Å². The molecule has 0 fully saturated rings. The summed E-state index contributed by atoms with van der Waals surface area (Å²) < 4.78 is 29.0. The Morgan fingerprint density at radius 2 is 2.05 bits per heavy atom. The van der Waals surface area contributed by atoms with E-state index in [1.807, 2.05) is 25.6 Å². The fourth-order valence-electron chi connectivity index (χ4n) is 2.03. The first kappa shape index (κ1) is 13.7. The summed E-state index contributed by atoms with van der Waals surface area (Å²) in [7, 11) is 3.75. The van der Waals surface area contributed by atoms with Crippen LogP contribution in [0.2, 0.25) is 0 Å². The van der Waals surface area contributed by atoms with E-state index in [1.165, 1.54) is 6.07 Å². The third-order valence-electron chi connectivity index (χ3n) is 3.26. The minimum atomic E-state index is -0.460. The molecule has 3 nitrogen and oxygen atoms in total. The monoisotopic (exact) mass is 265 g/mol. The highest BCUT2D eigenvalue weighted by Crippen LogP contribution is 2.26. The maximum Gasteiger partial charge on any atom is 0.132 e. The van der Waals surface area contributed by atoms with E-state index in [4.69, 9.17) is 0 Å². The van der Waals surface area contributed by atoms with Gasteiger partial charge in [-0.25, -0.2) is 13.8 Å². The predicted molar refractivity (Wildman–Crippen MR) is 70.9 cm³/mol. The third-order valence-corrected chi connectivity index (χ3v) is 3.26. The highest BCUT2D eigenvalue weighted by atomic mass is 19.1. The van der Waals surface area contributed by atoms with E-state index in [-0.39, 0.29) is 5.56 Å². The number of nitrogens with one attached hydrogen (secondary N) is 1. The Morgan fingerprint density at radius 1 is 1.32 bits per heavy atom. The summed E-state index contributed by atoms with van der Waals surface area (Å²) in [4.78, 5) is 4.44. The number of aromatic nitrogens is 2. The number of hydrogen-bond donors (Lipinski definition) is 1. The number of hydrogen-bond acceptors (Lipinski definition) is 2. The smallest absolute Gasteiger partial charge is 0.132 e. The molecule has 0 aliphatic rings. The van der Waals surface area contributed by atoms with Crippen molar-refractivity contribution in [2.45, 2.75) is 13.3 Å². The summed E-state index contributed by atoms with van der Waals surface area (Å²) in [6, 6.07) is 3.43. The van der Waals surface area contributed by atoms with Crippen LogP contribution in [0.1, 0.15) is 11.5 Å². The number of likely N-dealkylation sites (N-methyl/N-ethyl adjacent to an activating group) is 1. The first-order chi connectivity index (χ1) is 9.04. The summed E-state index contributed by atoms with van der Waals surface area (Å²) in [5.41, 5.74) is 1.55. The Balaban J connectivity index is 2.47. The summed E-state index contributed by atoms with van der Waals surface area (Å²) in [6.45, 7) is 2.64. The second-order valence-corrected chi connectivity index (χ2v) is 4.50. The van der Waals surface area contributed by atoms with Crippen LogP contribution in [0.15, 0.2) is 18.2 Å². The lowest BCUT2D eigenvalue weighted by atomic mass is 10.1. The molecule has 0 bridgehead atoms. The fourth-order valence-corrected chi connectivity index (χ4v) is 2.03. The van der Waals surface area contributed by atoms with Gasteiger partial charge in [-0.2, -0.15) is 0 Å². The standard InChI is InChI=1S/C14H17F2N3/c1-9-14(11-8-10(15)4-5-12(11)16)18-13(19(9)3)6-7-17-2/h4-5,8,17H,6-7H2,1-3H3. The molecule has 1 N–H and O–H groups in total. The molecule has 0 saturated carbocycles. The molecule has 0 unspecified atom stereocenters. The van der Waals surface area contributed by atoms with Crippen LogP contribution in [0.4, 0.5) is 8.78 Å². The van der Waals surface area contributed by atoms with Gasteiger partial charge in [0, 0.05) is 31.3 Å². The average molecular weight is 265 g/mol. The number of rotatable bonds is 4. The van der Waals surface area contributed by atoms with Gasteiger partial charge in [0.2, 0.25) is 0 Å². The van der Waals surface area contributed by atoms with Crippen molar-refractivity contribution in [3.05, 3.63) is 41.4 Å². The van der Waals surface area contributed by atoms with Gasteiger partial charge in [0.1, 0.15) is 17.5 Å². The molecule has 0 radical (unpaired) electrons. The number of halogens is 2. The molecule has 0 saturated heterocycles. The van der Waals surface area contributed by atoms with E-state index in [1.54, 1.807) is 0 Å². The third kappa shape index (κ3) is 2.66. The quantitative estimate of drug-likeness (QED) is 0.920. The van der Waals surface area contributed by atoms with Crippen LogP contribution >= 0.6 is 0 Å². The van der Waals surface area contributed by atoms with Crippen LogP contribution in [0.25, 0.3) is 11.3 Å². The summed E-state index contributed by atoms with van der Waals surface area (Å²) in [6.07, 6.45) is 0.741. The average Bonchev–Trinajstić information content (AvgIpc) is 2.67. The molecule has 2 aromatic rings. The normalized spacial score (nSPS) is 11.0. The largest absolute Gasteiger partial charge is 0.335 e. The SMILES string of the molecule is CNCCc1nc(-c2cc(F)ccc2F)c(C)n1C. The van der Waals surface area contributed by atoms with E-state index in [9.17, 15) is 8.78 Å². The molecule has 5 heteroatoms. The molecule has 0 spiro atoms. The zero-order chi connectivity index (χ0) is 14.0. The van der Waals surface area contributed by atoms with Crippen LogP contribution in [0.5, 0.6) is 0 Å². The topological polar surface area (TPSA) is 29.9 Å². The minimum absolute atomic E-state index is 0.212. The van der Waals surface area contributed by atoms with E-state index in [0.717, 1.165) is 36.6 Å². The van der Waals surface area contributed by atoms with Gasteiger partial charge in [-0.15, -0.1) is 0 Å². The lowest BCUT2D eigenvalue weighted by Crippen LogP contribution is -2.13. The zero-order valence-corrected chi connectivity index (χ0v) is 11.3. The zero-order valence-electron chi connectivity index (χ0n) is 11.3. The molecular weight excluding hydrogens is 248 g/mol. The molecule has 1 aromatic carbocycles. The van der Waals surface area contributed by atoms with Crippen LogP contribution in [-0.2, 0) is 13.5 Å². The van der Waals surface area contributed by atoms with Gasteiger partial charge in [-0.05, 0) is 32.2 Å². The van der Waals surface area contributed by atoms with E-state index >= 15 is 0 Å². The molecule has 102 valence electrons. The summed E-state index contributed by atoms with van der Waals surface area (Å²) in [5, 5.41) is 3.04. The highest BCUT2D eigenvalue weighted by Gasteiger charge is 2.16. The highest BCUT2D eigenvalue weighted by molar-refractivity contribution is 5.63. The summed E-state index contributed by atoms with van der Waals surface area (Å²) in [5.74, 6) is -0.0634. The number of benzene rings is 1. The van der Waals surface area contributed by atoms with Crippen LogP contribution in [0, 0.1) is 18.6 Å². The first-order valence-corrected chi connectivity index (χ1v) is 6.16. The molecule has 0 atom stereocenters. The van der Waals surface area contributed by atoms with Crippen molar-refractivity contribution in [2.24, 2.45) is 7.05 Å². The van der Waals surface area contributed by atoms with Crippen molar-refractivity contribution < 1.29 is 8.78 Å². The Labute approximate surface area is 111 Å². The molecule has 0 amide bonds. The van der Waals surface area contributed by atoms with E-state index < -0.39 is 11.6 Å². The second-order valence-electron chi connectivity index (χ2n) is 4.50. The van der Waals surface area contributed by atoms with Crippen LogP contribution in [-0.4, -0.2) is 23.1 Å². The van der Waals surface area contributed by atoms with Crippen molar-refractivity contribution in [3.8, 4) is 11.3 Å². The lowest BCUT2D eigenvalue weighted by molar-refractivity contribution is 0.602. The fraction of sp³-hybridized carbons (Fsp3) is 0.357. The maximum atomic E-state index is 13.8. The van der Waals surface area contributed by atoms with E-state index in [0.29, 0.717) is 5.69 Å². The Morgan fingerprint density at radius 3 is 2.74 bits per heavy atom. The molecule has 1 aromatic heterocycles. The van der Waals surface area contributed by atoms with Gasteiger partial charge in [-0.1, -0.05) is 0 Å². The van der Waals surface area contributed by atoms with Crippen molar-refractivity contribution >= 4 is 0 Å². The Kier molecular flexibility index (Phi) is 3.95. The first-order valence-electron chi connectivity index (χ1n) is 6.16. The molecular formula is C14H17F2N3. The Hall–Kier alpha value is -1.75. The van der Waals surface area contributed by atoms with Crippen LogP contribution < -0.4 is 5.32 Å². The van der Waals surface area contributed by atoms with Crippen molar-refractivity contribution in [1.82, 2.24) is 14.9 Å². The minimum Gasteiger partial charge on any atom is -0.335 e. The number of imidazole rings is 1. The van der Waals surface area contributed by atoms with Gasteiger partial charge in [0.25, 0.3) is 0 Å². The number of nitrogens with zero attached hydrogens (tertiary/aromatic N) is 2. The summed E-state index contributed by atoms with van der Waals surface area (Å²) >= 11 is 0. The molecule has 19 heavy (non-hydrogen) atoms. The second kappa shape index (κ2) is 5.48. The van der Waals surface area contributed by atoms with Gasteiger partial charge >= 0.3 is 0 Å². The lowest BCUT2D eigenvalue weighted by Gasteiger charge is -2.03. The Bertz CT molecular complexity index is 591. The van der Waals surface area contributed by atoms with Crippen molar-refractivity contribution in [2.75, 3.05) is 13.6 Å². The van der Waals surface area contributed by atoms with Crippen molar-refractivity contribution in [1.29, 1.82) is 0 Å². The molecule has 2 rings (SSSR count). The van der Waals surface area contributed by atoms with Gasteiger partial charge in [-0.3, -0.25) is 0 Å². The van der Waals surface area contributed by atoms with Gasteiger partial charge in [0.05, 0.1) is 5.69 Å². The molecule has 1 heterocycles. The van der Waals surface area contributed by atoms with Crippen LogP contribution in [0.3, 0.4) is 0 Å². The maximum absolute atomic E-state index is 13.8. The van der Waals surface area contributed by atoms with Gasteiger partial charge in [0.15, 0.2) is 0 Å². The van der Waals surface area contributed by atoms with E-state index in [2.05, 4.69) is 10.3 Å². The molecule has 0 aliphatic heterocycles. The van der Waals surface area contributed by atoms with Crippen molar-refractivity contribution in [3.63, 3.8) is 0 Å². The molecule has 0 aliphatic carbocycles. The predicted octanol–water partition coefficient (Wildman–Crippen LogP) is 2.44.